The van der Waals surface area contributed by atoms with Crippen molar-refractivity contribution in [3.8, 4) is 0 Å². The minimum Gasteiger partial charge on any atom is -0.466 e. The van der Waals surface area contributed by atoms with Crippen molar-refractivity contribution in [1.82, 2.24) is 10.6 Å². The van der Waals surface area contributed by atoms with Crippen LogP contribution in [0.4, 0.5) is 4.79 Å². The Kier molecular flexibility index (Phi) is 9.59. The van der Waals surface area contributed by atoms with Gasteiger partial charge in [0.15, 0.2) is 0 Å². The summed E-state index contributed by atoms with van der Waals surface area (Å²) in [6.07, 6.45) is 4.80. The summed E-state index contributed by atoms with van der Waals surface area (Å²) in [6.45, 7) is 1.74. The first-order valence-electron chi connectivity index (χ1n) is 10.0. The summed E-state index contributed by atoms with van der Waals surface area (Å²) in [5.41, 5.74) is 0.835. The lowest BCUT2D eigenvalue weighted by atomic mass is 9.88. The molecule has 1 aliphatic carbocycles. The van der Waals surface area contributed by atoms with E-state index < -0.39 is 36.2 Å². The number of carbonyl (C=O) groups excluding carboxylic acids is 4. The number of nitrogens with one attached hydrogen (secondary N) is 2. The number of benzene rings is 1. The van der Waals surface area contributed by atoms with Gasteiger partial charge in [0.05, 0.1) is 16.7 Å². The van der Waals surface area contributed by atoms with E-state index >= 15 is 0 Å². The Morgan fingerprint density at radius 2 is 1.80 bits per heavy atom. The van der Waals surface area contributed by atoms with Crippen molar-refractivity contribution in [3.63, 3.8) is 0 Å². The van der Waals surface area contributed by atoms with E-state index in [0.29, 0.717) is 28.8 Å². The van der Waals surface area contributed by atoms with Crippen molar-refractivity contribution in [2.75, 3.05) is 6.61 Å². The lowest BCUT2D eigenvalue weighted by molar-refractivity contribution is -0.145. The van der Waals surface area contributed by atoms with Crippen molar-refractivity contribution in [2.45, 2.75) is 51.9 Å². The van der Waals surface area contributed by atoms with Crippen LogP contribution < -0.4 is 10.6 Å². The monoisotopic (exact) mass is 456 g/mol. The first-order chi connectivity index (χ1) is 14.3. The number of ether oxygens (including phenoxy) is 1. The maximum atomic E-state index is 12.8. The molecule has 30 heavy (non-hydrogen) atoms. The van der Waals surface area contributed by atoms with E-state index in [1.54, 1.807) is 25.1 Å². The second-order valence-corrected chi connectivity index (χ2v) is 8.20. The van der Waals surface area contributed by atoms with Gasteiger partial charge in [-0.05, 0) is 43.4 Å². The molecule has 0 heterocycles. The molecular formula is C21H26Cl2N2O5. The van der Waals surface area contributed by atoms with Gasteiger partial charge in [-0.1, -0.05) is 55.0 Å². The zero-order chi connectivity index (χ0) is 22.1. The first-order valence-corrected chi connectivity index (χ1v) is 10.8. The molecule has 0 aliphatic heterocycles. The Hall–Kier alpha value is -2.12. The molecule has 1 atom stereocenters. The molecule has 1 saturated carbocycles. The van der Waals surface area contributed by atoms with E-state index in [9.17, 15) is 19.2 Å². The van der Waals surface area contributed by atoms with Crippen LogP contribution in [-0.4, -0.2) is 30.4 Å². The van der Waals surface area contributed by atoms with Crippen molar-refractivity contribution >= 4 is 47.0 Å². The molecule has 9 heteroatoms. The van der Waals surface area contributed by atoms with Crippen molar-refractivity contribution in [2.24, 2.45) is 11.8 Å². The Morgan fingerprint density at radius 1 is 1.10 bits per heavy atom. The maximum Gasteiger partial charge on any atom is 0.328 e. The first kappa shape index (κ1) is 24.2. The van der Waals surface area contributed by atoms with Gasteiger partial charge in [0.25, 0.3) is 0 Å². The van der Waals surface area contributed by atoms with Crippen molar-refractivity contribution in [1.29, 1.82) is 0 Å². The molecule has 164 valence electrons. The molecule has 7 nitrogen and oxygen atoms in total. The third-order valence-electron chi connectivity index (χ3n) is 5.03. The molecular weight excluding hydrogens is 431 g/mol. The quantitative estimate of drug-likeness (QED) is 0.453. The summed E-state index contributed by atoms with van der Waals surface area (Å²) < 4.78 is 4.65. The molecule has 1 aliphatic rings. The van der Waals surface area contributed by atoms with Crippen LogP contribution in [0.3, 0.4) is 0 Å². The van der Waals surface area contributed by atoms with Crippen LogP contribution in [0.1, 0.15) is 51.0 Å². The number of rotatable bonds is 8. The average molecular weight is 457 g/mol. The Morgan fingerprint density at radius 3 is 2.43 bits per heavy atom. The van der Waals surface area contributed by atoms with Gasteiger partial charge in [-0.2, -0.15) is 0 Å². The maximum absolute atomic E-state index is 12.8. The molecule has 2 rings (SSSR count). The topological polar surface area (TPSA) is 102 Å². The number of hydrogen-bond donors (Lipinski definition) is 2. The molecule has 1 unspecified atom stereocenters. The van der Waals surface area contributed by atoms with Gasteiger partial charge in [0.1, 0.15) is 6.42 Å². The third kappa shape index (κ3) is 7.95. The van der Waals surface area contributed by atoms with Gasteiger partial charge in [-0.3, -0.25) is 25.0 Å². The minimum absolute atomic E-state index is 0.133. The van der Waals surface area contributed by atoms with Crippen molar-refractivity contribution in [3.05, 3.63) is 33.8 Å². The highest BCUT2D eigenvalue weighted by Gasteiger charge is 2.27. The Bertz CT molecular complexity index is 794. The van der Waals surface area contributed by atoms with Crippen molar-refractivity contribution < 1.29 is 23.9 Å². The predicted octanol–water partition coefficient (Wildman–Crippen LogP) is 4.04. The summed E-state index contributed by atoms with van der Waals surface area (Å²) in [5.74, 6) is -2.11. The molecule has 0 bridgehead atoms. The minimum atomic E-state index is -0.958. The van der Waals surface area contributed by atoms with E-state index in [0.717, 1.165) is 31.2 Å². The van der Waals surface area contributed by atoms with Crippen LogP contribution in [0.5, 0.6) is 0 Å². The summed E-state index contributed by atoms with van der Waals surface area (Å²) in [4.78, 5) is 47.8. The number of esters is 1. The molecule has 2 N–H and O–H groups in total. The van der Waals surface area contributed by atoms with Gasteiger partial charge in [-0.15, -0.1) is 0 Å². The Labute approximate surface area is 185 Å². The van der Waals surface area contributed by atoms with E-state index in [2.05, 4.69) is 10.1 Å². The van der Waals surface area contributed by atoms with Gasteiger partial charge >= 0.3 is 12.0 Å². The normalized spacial score (nSPS) is 14.8. The van der Waals surface area contributed by atoms with Gasteiger partial charge < -0.3 is 4.74 Å². The lowest BCUT2D eigenvalue weighted by Gasteiger charge is -2.20. The fourth-order valence-corrected chi connectivity index (χ4v) is 3.96. The highest BCUT2D eigenvalue weighted by atomic mass is 35.5. The predicted molar refractivity (Wildman–Crippen MR) is 113 cm³/mol. The standard InChI is InChI=1S/C21H26Cl2N2O5/c1-2-30-19(27)12-18(26)24-21(29)25-20(28)15(9-13-5-3-4-6-13)10-14-7-8-16(22)17(23)11-14/h7-8,11,13,15H,2-6,9-10,12H2,1H3,(H2,24,25,26,28,29). The van der Waals surface area contributed by atoms with Gasteiger partial charge in [0.2, 0.25) is 11.8 Å². The van der Waals surface area contributed by atoms with Crippen LogP contribution in [0, 0.1) is 11.8 Å². The summed E-state index contributed by atoms with van der Waals surface area (Å²) in [7, 11) is 0. The van der Waals surface area contributed by atoms with Crippen LogP contribution >= 0.6 is 23.2 Å². The van der Waals surface area contributed by atoms with Gasteiger partial charge in [-0.25, -0.2) is 4.79 Å². The van der Waals surface area contributed by atoms with Gasteiger partial charge in [0, 0.05) is 5.92 Å². The summed E-state index contributed by atoms with van der Waals surface area (Å²) >= 11 is 12.0. The molecule has 4 amide bonds. The highest BCUT2D eigenvalue weighted by Crippen LogP contribution is 2.32. The average Bonchev–Trinajstić information content (AvgIpc) is 3.17. The molecule has 1 fully saturated rings. The van der Waals surface area contributed by atoms with Crippen LogP contribution in [0.25, 0.3) is 0 Å². The summed E-state index contributed by atoms with van der Waals surface area (Å²) in [6, 6.07) is 4.22. The molecule has 1 aromatic rings. The van der Waals surface area contributed by atoms with Crippen LogP contribution in [-0.2, 0) is 25.5 Å². The smallest absolute Gasteiger partial charge is 0.328 e. The molecule has 0 saturated heterocycles. The fraction of sp³-hybridized carbons (Fsp3) is 0.524. The highest BCUT2D eigenvalue weighted by molar-refractivity contribution is 6.42. The molecule has 0 aromatic heterocycles. The van der Waals surface area contributed by atoms with Crippen LogP contribution in [0.15, 0.2) is 18.2 Å². The summed E-state index contributed by atoms with van der Waals surface area (Å²) in [5, 5.41) is 5.02. The second kappa shape index (κ2) is 11.9. The number of amides is 4. The number of imide groups is 2. The molecule has 1 aromatic carbocycles. The number of carbonyl (C=O) groups is 4. The molecule has 0 spiro atoms. The van der Waals surface area contributed by atoms with E-state index in [4.69, 9.17) is 23.2 Å². The van der Waals surface area contributed by atoms with E-state index in [-0.39, 0.29) is 6.61 Å². The number of halogens is 2. The van der Waals surface area contributed by atoms with E-state index in [1.165, 1.54) is 0 Å². The zero-order valence-electron chi connectivity index (χ0n) is 16.8. The SMILES string of the molecule is CCOC(=O)CC(=O)NC(=O)NC(=O)C(Cc1ccc(Cl)c(Cl)c1)CC1CCCC1. The number of hydrogen-bond acceptors (Lipinski definition) is 5. The number of urea groups is 1. The second-order valence-electron chi connectivity index (χ2n) is 7.38. The molecule has 0 radical (unpaired) electrons. The fourth-order valence-electron chi connectivity index (χ4n) is 3.64. The third-order valence-corrected chi connectivity index (χ3v) is 5.77. The largest absolute Gasteiger partial charge is 0.466 e. The zero-order valence-corrected chi connectivity index (χ0v) is 18.4. The van der Waals surface area contributed by atoms with Crippen LogP contribution in [0.2, 0.25) is 10.0 Å². The lowest BCUT2D eigenvalue weighted by Crippen LogP contribution is -2.45. The Balaban J connectivity index is 1.98. The van der Waals surface area contributed by atoms with E-state index in [1.807, 2.05) is 5.32 Å².